The van der Waals surface area contributed by atoms with Gasteiger partial charge in [0.25, 0.3) is 0 Å². The first-order chi connectivity index (χ1) is 9.78. The van der Waals surface area contributed by atoms with Gasteiger partial charge in [0.05, 0.1) is 7.11 Å². The van der Waals surface area contributed by atoms with Gasteiger partial charge in [0, 0.05) is 23.2 Å². The molecule has 3 rings (SSSR count). The average Bonchev–Trinajstić information content (AvgIpc) is 3.30. The number of nitrogens with one attached hydrogen (secondary N) is 1. The second kappa shape index (κ2) is 6.36. The van der Waals surface area contributed by atoms with Gasteiger partial charge >= 0.3 is 0 Å². The van der Waals surface area contributed by atoms with Crippen molar-refractivity contribution >= 4 is 11.6 Å². The van der Waals surface area contributed by atoms with Crippen molar-refractivity contribution in [1.29, 1.82) is 0 Å². The molecule has 0 bridgehead atoms. The molecule has 3 heteroatoms. The van der Waals surface area contributed by atoms with Crippen LogP contribution in [0.5, 0.6) is 5.75 Å². The number of hydrogen-bond acceptors (Lipinski definition) is 2. The van der Waals surface area contributed by atoms with Gasteiger partial charge in [-0.25, -0.2) is 0 Å². The van der Waals surface area contributed by atoms with Gasteiger partial charge in [-0.05, 0) is 49.7 Å². The van der Waals surface area contributed by atoms with Gasteiger partial charge in [0.15, 0.2) is 0 Å². The number of halogens is 1. The zero-order chi connectivity index (χ0) is 13.9. The van der Waals surface area contributed by atoms with Crippen LogP contribution in [-0.4, -0.2) is 13.2 Å². The Morgan fingerprint density at radius 2 is 2.05 bits per heavy atom. The second-order valence-electron chi connectivity index (χ2n) is 6.26. The summed E-state index contributed by atoms with van der Waals surface area (Å²) in [4.78, 5) is 0. The van der Waals surface area contributed by atoms with Gasteiger partial charge in [-0.2, -0.15) is 0 Å². The van der Waals surface area contributed by atoms with Crippen molar-refractivity contribution in [2.45, 2.75) is 51.1 Å². The summed E-state index contributed by atoms with van der Waals surface area (Å²) in [5.74, 6) is 2.89. The molecular weight excluding hydrogens is 270 g/mol. The smallest absolute Gasteiger partial charge is 0.124 e. The topological polar surface area (TPSA) is 21.3 Å². The lowest BCUT2D eigenvalue weighted by Gasteiger charge is -2.30. The largest absolute Gasteiger partial charge is 0.496 e. The van der Waals surface area contributed by atoms with Crippen LogP contribution < -0.4 is 10.1 Å². The van der Waals surface area contributed by atoms with E-state index in [1.54, 1.807) is 7.11 Å². The first-order valence-electron chi connectivity index (χ1n) is 7.82. The minimum Gasteiger partial charge on any atom is -0.496 e. The molecule has 2 nitrogen and oxygen atoms in total. The molecule has 2 fully saturated rings. The van der Waals surface area contributed by atoms with Crippen molar-refractivity contribution in [1.82, 2.24) is 5.32 Å². The highest BCUT2D eigenvalue weighted by atomic mass is 35.5. The summed E-state index contributed by atoms with van der Waals surface area (Å²) in [6.45, 7) is 0.810. The van der Waals surface area contributed by atoms with E-state index in [2.05, 4.69) is 5.32 Å². The molecule has 0 spiro atoms. The fourth-order valence-electron chi connectivity index (χ4n) is 3.56. The van der Waals surface area contributed by atoms with E-state index in [1.807, 2.05) is 18.2 Å². The molecule has 1 aromatic carbocycles. The summed E-state index contributed by atoms with van der Waals surface area (Å²) < 4.78 is 5.41. The predicted octanol–water partition coefficient (Wildman–Crippen LogP) is 4.41. The highest BCUT2D eigenvalue weighted by Gasteiger charge is 2.34. The lowest BCUT2D eigenvalue weighted by Crippen LogP contribution is -2.34. The minimum absolute atomic E-state index is 0.648. The molecule has 20 heavy (non-hydrogen) atoms. The highest BCUT2D eigenvalue weighted by Crippen LogP contribution is 2.44. The molecule has 1 aromatic rings. The Bertz CT molecular complexity index is 458. The summed E-state index contributed by atoms with van der Waals surface area (Å²) in [6.07, 6.45) is 8.40. The Morgan fingerprint density at radius 1 is 1.20 bits per heavy atom. The van der Waals surface area contributed by atoms with Crippen LogP contribution in [0, 0.1) is 11.8 Å². The first-order valence-corrected chi connectivity index (χ1v) is 8.20. The molecular formula is C17H24ClNO. The van der Waals surface area contributed by atoms with E-state index in [1.165, 1.54) is 38.5 Å². The third kappa shape index (κ3) is 3.29. The average molecular weight is 294 g/mol. The Morgan fingerprint density at radius 3 is 2.80 bits per heavy atom. The first kappa shape index (κ1) is 14.2. The van der Waals surface area contributed by atoms with Crippen LogP contribution in [-0.2, 0) is 6.54 Å². The van der Waals surface area contributed by atoms with Crippen molar-refractivity contribution in [2.75, 3.05) is 7.11 Å². The van der Waals surface area contributed by atoms with E-state index in [-0.39, 0.29) is 0 Å². The molecule has 2 aliphatic rings. The van der Waals surface area contributed by atoms with Crippen LogP contribution in [0.2, 0.25) is 5.02 Å². The predicted molar refractivity (Wildman–Crippen MR) is 83.3 cm³/mol. The minimum atomic E-state index is 0.648. The van der Waals surface area contributed by atoms with E-state index in [9.17, 15) is 0 Å². The normalized spacial score (nSPS) is 26.5. The number of ether oxygens (including phenoxy) is 1. The third-order valence-electron chi connectivity index (χ3n) is 4.87. The van der Waals surface area contributed by atoms with E-state index in [0.717, 1.165) is 34.7 Å². The van der Waals surface area contributed by atoms with Crippen LogP contribution >= 0.6 is 11.6 Å². The molecule has 0 heterocycles. The van der Waals surface area contributed by atoms with Crippen LogP contribution in [0.15, 0.2) is 18.2 Å². The monoisotopic (exact) mass is 293 g/mol. The molecule has 2 aliphatic carbocycles. The number of hydrogen-bond donors (Lipinski definition) is 1. The van der Waals surface area contributed by atoms with E-state index in [4.69, 9.17) is 16.3 Å². The third-order valence-corrected chi connectivity index (χ3v) is 5.22. The van der Waals surface area contributed by atoms with E-state index >= 15 is 0 Å². The van der Waals surface area contributed by atoms with Gasteiger partial charge in [-0.1, -0.05) is 30.5 Å². The van der Waals surface area contributed by atoms with Gasteiger partial charge in [-0.15, -0.1) is 0 Å². The van der Waals surface area contributed by atoms with E-state index < -0.39 is 0 Å². The van der Waals surface area contributed by atoms with Gasteiger partial charge in [-0.3, -0.25) is 0 Å². The highest BCUT2D eigenvalue weighted by molar-refractivity contribution is 6.31. The molecule has 0 aromatic heterocycles. The van der Waals surface area contributed by atoms with Crippen LogP contribution in [0.25, 0.3) is 0 Å². The molecule has 0 amide bonds. The fraction of sp³-hybridized carbons (Fsp3) is 0.647. The lowest BCUT2D eigenvalue weighted by atomic mass is 9.82. The molecule has 1 N–H and O–H groups in total. The number of benzene rings is 1. The fourth-order valence-corrected chi connectivity index (χ4v) is 3.79. The van der Waals surface area contributed by atoms with Crippen molar-refractivity contribution in [2.24, 2.45) is 11.8 Å². The molecule has 0 saturated heterocycles. The van der Waals surface area contributed by atoms with Crippen LogP contribution in [0.1, 0.15) is 44.1 Å². The zero-order valence-electron chi connectivity index (χ0n) is 12.2. The second-order valence-corrected chi connectivity index (χ2v) is 6.67. The van der Waals surface area contributed by atoms with Crippen molar-refractivity contribution in [3.05, 3.63) is 28.8 Å². The lowest BCUT2D eigenvalue weighted by molar-refractivity contribution is 0.259. The molecule has 2 unspecified atom stereocenters. The van der Waals surface area contributed by atoms with Crippen LogP contribution in [0.4, 0.5) is 0 Å². The summed E-state index contributed by atoms with van der Waals surface area (Å²) in [6, 6.07) is 6.51. The van der Waals surface area contributed by atoms with E-state index in [0.29, 0.717) is 6.04 Å². The quantitative estimate of drug-likeness (QED) is 0.868. The van der Waals surface area contributed by atoms with Crippen LogP contribution in [0.3, 0.4) is 0 Å². The van der Waals surface area contributed by atoms with Gasteiger partial charge in [0.2, 0.25) is 0 Å². The molecule has 2 atom stereocenters. The molecule has 110 valence electrons. The molecule has 2 saturated carbocycles. The maximum atomic E-state index is 6.29. The van der Waals surface area contributed by atoms with Crippen molar-refractivity contribution < 1.29 is 4.74 Å². The Balaban J connectivity index is 1.58. The van der Waals surface area contributed by atoms with Crippen molar-refractivity contribution in [3.8, 4) is 5.75 Å². The number of rotatable bonds is 5. The molecule has 0 radical (unpaired) electrons. The summed E-state index contributed by atoms with van der Waals surface area (Å²) in [7, 11) is 1.71. The van der Waals surface area contributed by atoms with Gasteiger partial charge < -0.3 is 10.1 Å². The number of methoxy groups -OCH3 is 1. The van der Waals surface area contributed by atoms with Gasteiger partial charge in [0.1, 0.15) is 5.75 Å². The maximum absolute atomic E-state index is 6.29. The Hall–Kier alpha value is -0.730. The summed E-state index contributed by atoms with van der Waals surface area (Å²) >= 11 is 6.29. The Kier molecular flexibility index (Phi) is 4.52. The zero-order valence-corrected chi connectivity index (χ0v) is 13.0. The summed E-state index contributed by atoms with van der Waals surface area (Å²) in [5.41, 5.74) is 1.09. The maximum Gasteiger partial charge on any atom is 0.124 e. The summed E-state index contributed by atoms with van der Waals surface area (Å²) in [5, 5.41) is 4.50. The standard InChI is InChI=1S/C17H24ClNO/c1-20-17-7-3-6-16(18)15(17)11-19-14-5-2-4-13(10-14)12-8-9-12/h3,6-7,12-14,19H,2,4-5,8-11H2,1H3. The SMILES string of the molecule is COc1cccc(Cl)c1CNC1CCCC(C2CC2)C1. The molecule has 0 aliphatic heterocycles. The Labute approximate surface area is 126 Å². The van der Waals surface area contributed by atoms with Crippen molar-refractivity contribution in [3.63, 3.8) is 0 Å².